The first-order valence-corrected chi connectivity index (χ1v) is 6.47. The molecule has 16 heavy (non-hydrogen) atoms. The van der Waals surface area contributed by atoms with Crippen LogP contribution in [0.4, 0.5) is 0 Å². The summed E-state index contributed by atoms with van der Waals surface area (Å²) in [7, 11) is 0. The zero-order valence-corrected chi connectivity index (χ0v) is 10.2. The van der Waals surface area contributed by atoms with E-state index in [1.54, 1.807) is 0 Å². The fourth-order valence-electron chi connectivity index (χ4n) is 2.07. The Morgan fingerprint density at radius 1 is 1.19 bits per heavy atom. The molecule has 1 atom stereocenters. The maximum absolute atomic E-state index is 9.84. The van der Waals surface area contributed by atoms with Crippen molar-refractivity contribution < 1.29 is 5.11 Å². The Morgan fingerprint density at radius 3 is 2.50 bits per heavy atom. The Kier molecular flexibility index (Phi) is 4.00. The van der Waals surface area contributed by atoms with Crippen molar-refractivity contribution in [2.24, 2.45) is 5.92 Å². The molecule has 1 aliphatic carbocycles. The molecule has 0 heterocycles. The minimum Gasteiger partial charge on any atom is -0.393 e. The minimum atomic E-state index is -0.0955. The number of rotatable bonds is 6. The Balaban J connectivity index is 1.67. The van der Waals surface area contributed by atoms with Crippen molar-refractivity contribution in [3.05, 3.63) is 35.4 Å². The molecule has 1 N–H and O–H groups in total. The first kappa shape index (κ1) is 11.7. The molecule has 0 radical (unpaired) electrons. The van der Waals surface area contributed by atoms with E-state index in [4.69, 9.17) is 0 Å². The maximum atomic E-state index is 9.84. The van der Waals surface area contributed by atoms with Crippen LogP contribution in [-0.2, 0) is 6.42 Å². The van der Waals surface area contributed by atoms with Crippen LogP contribution in [0.5, 0.6) is 0 Å². The highest BCUT2D eigenvalue weighted by Crippen LogP contribution is 2.34. The van der Waals surface area contributed by atoms with Crippen molar-refractivity contribution in [3.63, 3.8) is 0 Å². The standard InChI is InChI=1S/C15H22O/c1-12-2-4-13(5-3-12)8-10-15(16)11-9-14-6-7-14/h2-5,14-16H,6-11H2,1H3. The highest BCUT2D eigenvalue weighted by atomic mass is 16.3. The smallest absolute Gasteiger partial charge is 0.0543 e. The molecule has 1 nitrogen and oxygen atoms in total. The zero-order valence-electron chi connectivity index (χ0n) is 10.2. The Hall–Kier alpha value is -0.820. The molecule has 1 saturated carbocycles. The number of aryl methyl sites for hydroxylation is 2. The topological polar surface area (TPSA) is 20.2 Å². The van der Waals surface area contributed by atoms with E-state index in [9.17, 15) is 5.11 Å². The average molecular weight is 218 g/mol. The van der Waals surface area contributed by atoms with Crippen molar-refractivity contribution >= 4 is 0 Å². The van der Waals surface area contributed by atoms with Crippen LogP contribution in [0.2, 0.25) is 0 Å². The van der Waals surface area contributed by atoms with Crippen LogP contribution in [0.3, 0.4) is 0 Å². The number of hydrogen-bond acceptors (Lipinski definition) is 1. The highest BCUT2D eigenvalue weighted by Gasteiger charge is 2.21. The maximum Gasteiger partial charge on any atom is 0.0543 e. The molecule has 1 fully saturated rings. The number of aliphatic hydroxyl groups excluding tert-OH is 1. The molecule has 1 unspecified atom stereocenters. The molecule has 1 aliphatic rings. The lowest BCUT2D eigenvalue weighted by Crippen LogP contribution is -2.08. The zero-order chi connectivity index (χ0) is 11.4. The number of benzene rings is 1. The summed E-state index contributed by atoms with van der Waals surface area (Å²) >= 11 is 0. The molecule has 1 aromatic rings. The summed E-state index contributed by atoms with van der Waals surface area (Å²) in [6.07, 6.45) is 6.84. The second kappa shape index (κ2) is 5.49. The number of aliphatic hydroxyl groups is 1. The second-order valence-corrected chi connectivity index (χ2v) is 5.20. The summed E-state index contributed by atoms with van der Waals surface area (Å²) in [5.74, 6) is 0.939. The van der Waals surface area contributed by atoms with Crippen molar-refractivity contribution in [1.82, 2.24) is 0 Å². The summed E-state index contributed by atoms with van der Waals surface area (Å²) in [4.78, 5) is 0. The van der Waals surface area contributed by atoms with Gasteiger partial charge in [0.05, 0.1) is 6.10 Å². The molecule has 0 saturated heterocycles. The Morgan fingerprint density at radius 2 is 1.88 bits per heavy atom. The monoisotopic (exact) mass is 218 g/mol. The van der Waals surface area contributed by atoms with E-state index in [-0.39, 0.29) is 6.10 Å². The van der Waals surface area contributed by atoms with Crippen LogP contribution in [0.1, 0.15) is 43.2 Å². The first-order valence-electron chi connectivity index (χ1n) is 6.47. The van der Waals surface area contributed by atoms with Gasteiger partial charge in [-0.25, -0.2) is 0 Å². The fourth-order valence-corrected chi connectivity index (χ4v) is 2.07. The molecule has 0 aliphatic heterocycles. The summed E-state index contributed by atoms with van der Waals surface area (Å²) < 4.78 is 0. The first-order chi connectivity index (χ1) is 7.74. The van der Waals surface area contributed by atoms with Gasteiger partial charge in [0, 0.05) is 0 Å². The van der Waals surface area contributed by atoms with Crippen molar-refractivity contribution in [2.45, 2.75) is 51.6 Å². The Labute approximate surface area is 98.5 Å². The van der Waals surface area contributed by atoms with Gasteiger partial charge in [-0.05, 0) is 44.1 Å². The van der Waals surface area contributed by atoms with Gasteiger partial charge in [-0.2, -0.15) is 0 Å². The van der Waals surface area contributed by atoms with Gasteiger partial charge in [0.25, 0.3) is 0 Å². The van der Waals surface area contributed by atoms with Gasteiger partial charge in [-0.15, -0.1) is 0 Å². The summed E-state index contributed by atoms with van der Waals surface area (Å²) in [5.41, 5.74) is 2.65. The van der Waals surface area contributed by atoms with E-state index >= 15 is 0 Å². The molecule has 0 spiro atoms. The van der Waals surface area contributed by atoms with Crippen molar-refractivity contribution in [1.29, 1.82) is 0 Å². The average Bonchev–Trinajstić information content (AvgIpc) is 3.09. The van der Waals surface area contributed by atoms with Gasteiger partial charge in [0.1, 0.15) is 0 Å². The van der Waals surface area contributed by atoms with E-state index in [1.807, 2.05) is 0 Å². The summed E-state index contributed by atoms with van der Waals surface area (Å²) in [6, 6.07) is 8.63. The normalized spacial score (nSPS) is 17.4. The van der Waals surface area contributed by atoms with Crippen LogP contribution in [0.15, 0.2) is 24.3 Å². The second-order valence-electron chi connectivity index (χ2n) is 5.20. The van der Waals surface area contributed by atoms with Crippen LogP contribution >= 0.6 is 0 Å². The Bertz CT molecular complexity index is 311. The molecule has 88 valence electrons. The van der Waals surface area contributed by atoms with Gasteiger partial charge in [0.2, 0.25) is 0 Å². The predicted octanol–water partition coefficient (Wildman–Crippen LogP) is 3.48. The van der Waals surface area contributed by atoms with Crippen LogP contribution < -0.4 is 0 Å². The molecule has 0 aromatic heterocycles. The third-order valence-electron chi connectivity index (χ3n) is 3.49. The van der Waals surface area contributed by atoms with Gasteiger partial charge in [-0.3, -0.25) is 0 Å². The third-order valence-corrected chi connectivity index (χ3v) is 3.49. The quantitative estimate of drug-likeness (QED) is 0.775. The minimum absolute atomic E-state index is 0.0955. The van der Waals surface area contributed by atoms with E-state index in [0.29, 0.717) is 0 Å². The van der Waals surface area contributed by atoms with Gasteiger partial charge < -0.3 is 5.11 Å². The van der Waals surface area contributed by atoms with Gasteiger partial charge >= 0.3 is 0 Å². The van der Waals surface area contributed by atoms with Crippen LogP contribution in [0.25, 0.3) is 0 Å². The molecule has 0 bridgehead atoms. The molecule has 0 amide bonds. The number of hydrogen-bond donors (Lipinski definition) is 1. The predicted molar refractivity (Wildman–Crippen MR) is 67.5 cm³/mol. The molecule has 1 heteroatoms. The summed E-state index contributed by atoms with van der Waals surface area (Å²) in [5, 5.41) is 9.84. The molecule has 1 aromatic carbocycles. The molecule has 2 rings (SSSR count). The van der Waals surface area contributed by atoms with Gasteiger partial charge in [0.15, 0.2) is 0 Å². The molecular formula is C15H22O. The van der Waals surface area contributed by atoms with E-state index in [2.05, 4.69) is 31.2 Å². The fraction of sp³-hybridized carbons (Fsp3) is 0.600. The molecular weight excluding hydrogens is 196 g/mol. The van der Waals surface area contributed by atoms with E-state index in [0.717, 1.165) is 25.2 Å². The van der Waals surface area contributed by atoms with Crippen molar-refractivity contribution in [3.8, 4) is 0 Å². The third kappa shape index (κ3) is 3.97. The van der Waals surface area contributed by atoms with E-state index in [1.165, 1.54) is 30.4 Å². The SMILES string of the molecule is Cc1ccc(CCC(O)CCC2CC2)cc1. The lowest BCUT2D eigenvalue weighted by Gasteiger charge is -2.10. The largest absolute Gasteiger partial charge is 0.393 e. The lowest BCUT2D eigenvalue weighted by molar-refractivity contribution is 0.150. The lowest BCUT2D eigenvalue weighted by atomic mass is 10.0. The van der Waals surface area contributed by atoms with Crippen molar-refractivity contribution in [2.75, 3.05) is 0 Å². The van der Waals surface area contributed by atoms with Gasteiger partial charge in [-0.1, -0.05) is 42.7 Å². The summed E-state index contributed by atoms with van der Waals surface area (Å²) in [6.45, 7) is 2.11. The van der Waals surface area contributed by atoms with Crippen LogP contribution in [0, 0.1) is 12.8 Å². The van der Waals surface area contributed by atoms with E-state index < -0.39 is 0 Å². The highest BCUT2D eigenvalue weighted by molar-refractivity contribution is 5.21. The van der Waals surface area contributed by atoms with Crippen LogP contribution in [-0.4, -0.2) is 11.2 Å².